The molecular formula is C19H18N4O2. The monoisotopic (exact) mass is 334 g/mol. The molecule has 126 valence electrons. The molecule has 2 aromatic rings. The van der Waals surface area contributed by atoms with Crippen LogP contribution in [0.1, 0.15) is 25.5 Å². The third-order valence-corrected chi connectivity index (χ3v) is 4.35. The molecule has 0 radical (unpaired) electrons. The zero-order valence-corrected chi connectivity index (χ0v) is 14.1. The molecule has 0 spiro atoms. The van der Waals surface area contributed by atoms with Crippen LogP contribution < -0.4 is 5.32 Å². The first-order chi connectivity index (χ1) is 12.1. The first-order valence-electron chi connectivity index (χ1n) is 8.12. The number of rotatable bonds is 2. The van der Waals surface area contributed by atoms with Gasteiger partial charge in [-0.3, -0.25) is 0 Å². The number of carbonyl (C=O) groups is 2. The number of aliphatic imine (C=N–C) groups is 1. The molecule has 0 saturated carbocycles. The van der Waals surface area contributed by atoms with Gasteiger partial charge in [-0.25, -0.2) is 19.5 Å². The molecule has 6 heteroatoms. The van der Waals surface area contributed by atoms with E-state index in [4.69, 9.17) is 0 Å². The van der Waals surface area contributed by atoms with E-state index in [-0.39, 0.29) is 0 Å². The molecule has 3 rings (SSSR count). The summed E-state index contributed by atoms with van der Waals surface area (Å²) in [6.07, 6.45) is 0. The summed E-state index contributed by atoms with van der Waals surface area (Å²) in [5.74, 6) is -0.689. The van der Waals surface area contributed by atoms with Crippen molar-refractivity contribution in [1.29, 1.82) is 5.26 Å². The second-order valence-corrected chi connectivity index (χ2v) is 5.86. The van der Waals surface area contributed by atoms with Crippen molar-refractivity contribution in [3.05, 3.63) is 48.0 Å². The fourth-order valence-electron chi connectivity index (χ4n) is 3.21. The number of nitrogens with one attached hydrogen (secondary N) is 1. The molecule has 1 N–H and O–H groups in total. The number of benzene rings is 2. The average molecular weight is 334 g/mol. The number of nitrogens with zero attached hydrogens (tertiary/aromatic N) is 3. The molecule has 2 atom stereocenters. The van der Waals surface area contributed by atoms with Gasteiger partial charge in [-0.2, -0.15) is 5.26 Å². The first kappa shape index (κ1) is 16.7. The van der Waals surface area contributed by atoms with Gasteiger partial charge >= 0.3 is 12.1 Å². The molecular weight excluding hydrogens is 316 g/mol. The lowest BCUT2D eigenvalue weighted by Crippen LogP contribution is -2.50. The van der Waals surface area contributed by atoms with Crippen LogP contribution in [-0.2, 0) is 0 Å². The zero-order chi connectivity index (χ0) is 18.0. The Morgan fingerprint density at radius 3 is 2.72 bits per heavy atom. The van der Waals surface area contributed by atoms with Crippen molar-refractivity contribution in [2.75, 3.05) is 6.54 Å². The van der Waals surface area contributed by atoms with Crippen molar-refractivity contribution in [3.8, 4) is 6.07 Å². The highest BCUT2D eigenvalue weighted by atomic mass is 16.2. The highest BCUT2D eigenvalue weighted by molar-refractivity contribution is 6.06. The third-order valence-electron chi connectivity index (χ3n) is 4.35. The van der Waals surface area contributed by atoms with E-state index in [0.29, 0.717) is 12.3 Å². The average Bonchev–Trinajstić information content (AvgIpc) is 2.60. The molecule has 0 bridgehead atoms. The quantitative estimate of drug-likeness (QED) is 0.909. The Balaban J connectivity index is 2.23. The van der Waals surface area contributed by atoms with Gasteiger partial charge in [-0.15, -0.1) is 0 Å². The van der Waals surface area contributed by atoms with Crippen LogP contribution in [0.5, 0.6) is 0 Å². The van der Waals surface area contributed by atoms with Crippen LogP contribution >= 0.6 is 0 Å². The van der Waals surface area contributed by atoms with E-state index in [1.54, 1.807) is 13.8 Å². The summed E-state index contributed by atoms with van der Waals surface area (Å²) >= 11 is 0. The van der Waals surface area contributed by atoms with Crippen LogP contribution in [0, 0.1) is 17.2 Å². The van der Waals surface area contributed by atoms with Gasteiger partial charge in [-0.05, 0) is 30.2 Å². The lowest BCUT2D eigenvalue weighted by atomic mass is 9.85. The summed E-state index contributed by atoms with van der Waals surface area (Å²) in [7, 11) is 0. The normalized spacial score (nSPS) is 20.1. The van der Waals surface area contributed by atoms with E-state index >= 15 is 0 Å². The van der Waals surface area contributed by atoms with Gasteiger partial charge in [0.15, 0.2) is 0 Å². The lowest BCUT2D eigenvalue weighted by molar-refractivity contribution is 0.167. The van der Waals surface area contributed by atoms with Crippen molar-refractivity contribution in [1.82, 2.24) is 10.2 Å². The number of urea groups is 2. The molecule has 2 unspecified atom stereocenters. The van der Waals surface area contributed by atoms with Crippen molar-refractivity contribution in [2.24, 2.45) is 10.9 Å². The maximum atomic E-state index is 12.5. The minimum atomic E-state index is -0.715. The number of fused-ring (bicyclic) bond motifs is 1. The maximum absolute atomic E-state index is 12.5. The van der Waals surface area contributed by atoms with Crippen LogP contribution in [0.2, 0.25) is 0 Å². The van der Waals surface area contributed by atoms with Gasteiger partial charge in [0.2, 0.25) is 0 Å². The zero-order valence-electron chi connectivity index (χ0n) is 14.1. The predicted molar refractivity (Wildman–Crippen MR) is 95.2 cm³/mol. The number of hydrogen-bond donors (Lipinski definition) is 1. The standard InChI is InChI=1S/C19H18N4O2/c1-3-21-18(24)23-17(16(11-20)12(2)22-19(23)25)15-10-6-8-13-7-4-5-9-14(13)15/h4-10,16-17H,3H2,1-2H3,(H,21,24). The van der Waals surface area contributed by atoms with Crippen molar-refractivity contribution in [3.63, 3.8) is 0 Å². The molecule has 1 aliphatic heterocycles. The molecule has 1 aliphatic rings. The van der Waals surface area contributed by atoms with E-state index in [9.17, 15) is 14.9 Å². The highest BCUT2D eigenvalue weighted by Gasteiger charge is 2.42. The lowest BCUT2D eigenvalue weighted by Gasteiger charge is -2.35. The first-order valence-corrected chi connectivity index (χ1v) is 8.12. The van der Waals surface area contributed by atoms with Crippen molar-refractivity contribution >= 4 is 28.5 Å². The largest absolute Gasteiger partial charge is 0.352 e. The van der Waals surface area contributed by atoms with Gasteiger partial charge in [0, 0.05) is 12.3 Å². The molecule has 0 fully saturated rings. The van der Waals surface area contributed by atoms with Crippen LogP contribution in [-0.4, -0.2) is 29.2 Å². The molecule has 4 amide bonds. The summed E-state index contributed by atoms with van der Waals surface area (Å²) in [6.45, 7) is 3.80. The number of imide groups is 1. The number of carbonyl (C=O) groups excluding carboxylic acids is 2. The van der Waals surface area contributed by atoms with E-state index < -0.39 is 24.0 Å². The van der Waals surface area contributed by atoms with E-state index in [0.717, 1.165) is 21.2 Å². The smallest absolute Gasteiger partial charge is 0.338 e. The van der Waals surface area contributed by atoms with Crippen LogP contribution in [0.15, 0.2) is 47.5 Å². The maximum Gasteiger partial charge on any atom is 0.352 e. The van der Waals surface area contributed by atoms with E-state index in [2.05, 4.69) is 16.4 Å². The summed E-state index contributed by atoms with van der Waals surface area (Å²) in [5, 5.41) is 14.2. The molecule has 6 nitrogen and oxygen atoms in total. The molecule has 25 heavy (non-hydrogen) atoms. The van der Waals surface area contributed by atoms with Gasteiger partial charge in [0.25, 0.3) is 0 Å². The summed E-state index contributed by atoms with van der Waals surface area (Å²) < 4.78 is 0. The second-order valence-electron chi connectivity index (χ2n) is 5.86. The van der Waals surface area contributed by atoms with Crippen molar-refractivity contribution < 1.29 is 9.59 Å². The second kappa shape index (κ2) is 6.73. The van der Waals surface area contributed by atoms with Gasteiger partial charge in [-0.1, -0.05) is 42.5 Å². The fourth-order valence-corrected chi connectivity index (χ4v) is 3.21. The van der Waals surface area contributed by atoms with Crippen LogP contribution in [0.25, 0.3) is 10.8 Å². The predicted octanol–water partition coefficient (Wildman–Crippen LogP) is 3.65. The van der Waals surface area contributed by atoms with E-state index in [1.807, 2.05) is 42.5 Å². The number of hydrogen-bond acceptors (Lipinski definition) is 3. The number of amides is 4. The van der Waals surface area contributed by atoms with Gasteiger partial charge in [0.1, 0.15) is 5.92 Å². The fraction of sp³-hybridized carbons (Fsp3) is 0.263. The minimum absolute atomic E-state index is 0.380. The Morgan fingerprint density at radius 2 is 2.00 bits per heavy atom. The Hall–Kier alpha value is -3.20. The summed E-state index contributed by atoms with van der Waals surface area (Å²) in [4.78, 5) is 29.9. The molecule has 0 aromatic heterocycles. The van der Waals surface area contributed by atoms with Crippen LogP contribution in [0.3, 0.4) is 0 Å². The van der Waals surface area contributed by atoms with E-state index in [1.165, 1.54) is 0 Å². The molecule has 0 aliphatic carbocycles. The van der Waals surface area contributed by atoms with Gasteiger partial charge < -0.3 is 5.32 Å². The molecule has 0 saturated heterocycles. The van der Waals surface area contributed by atoms with Crippen LogP contribution in [0.4, 0.5) is 9.59 Å². The van der Waals surface area contributed by atoms with Gasteiger partial charge in [0.05, 0.1) is 12.1 Å². The minimum Gasteiger partial charge on any atom is -0.338 e. The summed E-state index contributed by atoms with van der Waals surface area (Å²) in [6, 6.07) is 13.7. The SMILES string of the molecule is CCNC(=O)N1C(=O)N=C(C)C(C#N)C1c1cccc2ccccc12. The Morgan fingerprint density at radius 1 is 1.28 bits per heavy atom. The summed E-state index contributed by atoms with van der Waals surface area (Å²) in [5.41, 5.74) is 1.18. The third kappa shape index (κ3) is 2.85. The Kier molecular flexibility index (Phi) is 4.48. The molecule has 1 heterocycles. The van der Waals surface area contributed by atoms with Crippen molar-refractivity contribution in [2.45, 2.75) is 19.9 Å². The highest BCUT2D eigenvalue weighted by Crippen LogP contribution is 2.37. The number of nitriles is 1. The Labute approximate surface area is 145 Å². The Bertz CT molecular complexity index is 908. The molecule has 2 aromatic carbocycles. The topological polar surface area (TPSA) is 85.6 Å².